The second-order valence-corrected chi connectivity index (χ2v) is 5.88. The van der Waals surface area contributed by atoms with Gasteiger partial charge in [0.15, 0.2) is 5.96 Å². The van der Waals surface area contributed by atoms with Crippen molar-refractivity contribution in [3.05, 3.63) is 24.3 Å². The number of hydrogen-bond acceptors (Lipinski definition) is 3. The van der Waals surface area contributed by atoms with E-state index in [1.807, 2.05) is 12.1 Å². The molecule has 22 heavy (non-hydrogen) atoms. The third-order valence-corrected chi connectivity index (χ3v) is 4.16. The molecule has 0 spiro atoms. The van der Waals surface area contributed by atoms with Crippen LogP contribution < -0.4 is 10.6 Å². The number of phenolic OH excluding ortho intramolecular Hbond substituents is 1. The van der Waals surface area contributed by atoms with Crippen LogP contribution in [0.4, 0.5) is 5.69 Å². The number of rotatable bonds is 5. The van der Waals surface area contributed by atoms with Crippen LogP contribution in [0.5, 0.6) is 5.75 Å². The van der Waals surface area contributed by atoms with E-state index in [0.29, 0.717) is 36.8 Å². The smallest absolute Gasteiger partial charge is 0.196 e. The van der Waals surface area contributed by atoms with Crippen LogP contribution in [0.25, 0.3) is 0 Å². The number of phenols is 1. The highest BCUT2D eigenvalue weighted by molar-refractivity contribution is 5.95. The second-order valence-electron chi connectivity index (χ2n) is 5.88. The van der Waals surface area contributed by atoms with Crippen LogP contribution in [0, 0.1) is 5.92 Å². The Morgan fingerprint density at radius 2 is 2.09 bits per heavy atom. The summed E-state index contributed by atoms with van der Waals surface area (Å²) in [5.41, 5.74) is 0.662. The average Bonchev–Trinajstić information content (AvgIpc) is 2.52. The largest absolute Gasteiger partial charge is 0.506 e. The van der Waals surface area contributed by atoms with Crippen molar-refractivity contribution >= 4 is 11.6 Å². The summed E-state index contributed by atoms with van der Waals surface area (Å²) in [4.78, 5) is 4.54. The number of anilines is 1. The molecule has 0 aliphatic heterocycles. The van der Waals surface area contributed by atoms with Crippen molar-refractivity contribution in [2.45, 2.75) is 38.6 Å². The fraction of sp³-hybridized carbons (Fsp3) is 0.588. The highest BCUT2D eigenvalue weighted by Gasteiger charge is 2.22. The monoisotopic (exact) mass is 305 g/mol. The topological polar surface area (TPSA) is 65.9 Å². The number of methoxy groups -OCH3 is 1. The molecule has 0 radical (unpaired) electrons. The fourth-order valence-corrected chi connectivity index (χ4v) is 2.78. The lowest BCUT2D eigenvalue weighted by Crippen LogP contribution is -2.44. The molecule has 3 N–H and O–H groups in total. The SMILES string of the molecule is COCCN=C(Nc1ccccc1O)NC1CCCCC1C. The van der Waals surface area contributed by atoms with Gasteiger partial charge in [-0.05, 0) is 30.9 Å². The average molecular weight is 305 g/mol. The molecular weight excluding hydrogens is 278 g/mol. The molecule has 1 aliphatic carbocycles. The Labute approximate surface area is 132 Å². The van der Waals surface area contributed by atoms with Crippen molar-refractivity contribution in [2.24, 2.45) is 10.9 Å². The molecule has 1 aliphatic rings. The molecule has 2 atom stereocenters. The summed E-state index contributed by atoms with van der Waals surface area (Å²) in [5, 5.41) is 16.6. The van der Waals surface area contributed by atoms with Gasteiger partial charge in [-0.15, -0.1) is 0 Å². The van der Waals surface area contributed by atoms with Gasteiger partial charge < -0.3 is 20.5 Å². The van der Waals surface area contributed by atoms with Crippen molar-refractivity contribution in [1.29, 1.82) is 0 Å². The number of benzene rings is 1. The minimum Gasteiger partial charge on any atom is -0.506 e. The second kappa shape index (κ2) is 8.63. The van der Waals surface area contributed by atoms with Crippen LogP contribution in [0.15, 0.2) is 29.3 Å². The van der Waals surface area contributed by atoms with Gasteiger partial charge in [0.05, 0.1) is 18.8 Å². The summed E-state index contributed by atoms with van der Waals surface area (Å²) in [7, 11) is 1.67. The van der Waals surface area contributed by atoms with Crippen LogP contribution in [0.2, 0.25) is 0 Å². The van der Waals surface area contributed by atoms with Crippen molar-refractivity contribution < 1.29 is 9.84 Å². The number of nitrogens with one attached hydrogen (secondary N) is 2. The predicted octanol–water partition coefficient (Wildman–Crippen LogP) is 2.97. The molecule has 2 rings (SSSR count). The van der Waals surface area contributed by atoms with Crippen molar-refractivity contribution in [1.82, 2.24) is 5.32 Å². The zero-order valence-corrected chi connectivity index (χ0v) is 13.5. The highest BCUT2D eigenvalue weighted by Crippen LogP contribution is 2.25. The van der Waals surface area contributed by atoms with Gasteiger partial charge >= 0.3 is 0 Å². The summed E-state index contributed by atoms with van der Waals surface area (Å²) >= 11 is 0. The third-order valence-electron chi connectivity index (χ3n) is 4.16. The van der Waals surface area contributed by atoms with E-state index < -0.39 is 0 Å². The van der Waals surface area contributed by atoms with Gasteiger partial charge in [-0.25, -0.2) is 0 Å². The van der Waals surface area contributed by atoms with Crippen LogP contribution in [-0.2, 0) is 4.74 Å². The van der Waals surface area contributed by atoms with E-state index in [0.717, 1.165) is 6.42 Å². The van der Waals surface area contributed by atoms with Crippen LogP contribution in [0.3, 0.4) is 0 Å². The molecule has 0 amide bonds. The Morgan fingerprint density at radius 1 is 1.32 bits per heavy atom. The number of nitrogens with zero attached hydrogens (tertiary/aromatic N) is 1. The molecule has 0 heterocycles. The first-order valence-corrected chi connectivity index (χ1v) is 8.05. The lowest BCUT2D eigenvalue weighted by atomic mass is 9.86. The first-order chi connectivity index (χ1) is 10.7. The van der Waals surface area contributed by atoms with E-state index in [2.05, 4.69) is 22.5 Å². The Hall–Kier alpha value is -1.75. The standard InChI is InChI=1S/C17H27N3O2/c1-13-7-3-4-8-14(13)19-17(18-11-12-22-2)20-15-9-5-6-10-16(15)21/h5-6,9-10,13-14,21H,3-4,7-8,11-12H2,1-2H3,(H2,18,19,20). The zero-order chi connectivity index (χ0) is 15.8. The summed E-state index contributed by atoms with van der Waals surface area (Å²) in [6, 6.07) is 7.62. The zero-order valence-electron chi connectivity index (χ0n) is 13.5. The maximum Gasteiger partial charge on any atom is 0.196 e. The van der Waals surface area contributed by atoms with E-state index in [-0.39, 0.29) is 5.75 Å². The molecule has 122 valence electrons. The molecule has 5 heteroatoms. The summed E-state index contributed by atoms with van der Waals surface area (Å²) in [6.45, 7) is 3.44. The summed E-state index contributed by atoms with van der Waals surface area (Å²) in [5.74, 6) is 1.56. The van der Waals surface area contributed by atoms with Crippen molar-refractivity contribution in [2.75, 3.05) is 25.6 Å². The maximum atomic E-state index is 9.92. The molecule has 0 aromatic heterocycles. The molecule has 1 saturated carbocycles. The fourth-order valence-electron chi connectivity index (χ4n) is 2.78. The first-order valence-electron chi connectivity index (χ1n) is 8.05. The van der Waals surface area contributed by atoms with Gasteiger partial charge in [-0.3, -0.25) is 4.99 Å². The van der Waals surface area contributed by atoms with Gasteiger partial charge in [0, 0.05) is 13.2 Å². The minimum atomic E-state index is 0.223. The van der Waals surface area contributed by atoms with Gasteiger partial charge in [0.1, 0.15) is 5.75 Å². The number of aromatic hydroxyl groups is 1. The Balaban J connectivity index is 2.05. The molecule has 1 fully saturated rings. The maximum absolute atomic E-state index is 9.92. The molecule has 0 bridgehead atoms. The molecule has 1 aromatic carbocycles. The lowest BCUT2D eigenvalue weighted by molar-refractivity contribution is 0.208. The molecule has 0 saturated heterocycles. The van der Waals surface area contributed by atoms with E-state index in [4.69, 9.17) is 4.74 Å². The van der Waals surface area contributed by atoms with E-state index in [9.17, 15) is 5.11 Å². The summed E-state index contributed by atoms with van der Waals surface area (Å²) in [6.07, 6.45) is 4.97. The number of hydrogen-bond donors (Lipinski definition) is 3. The van der Waals surface area contributed by atoms with Crippen LogP contribution >= 0.6 is 0 Å². The molecule has 2 unspecified atom stereocenters. The Kier molecular flexibility index (Phi) is 6.52. The number of para-hydroxylation sites is 2. The minimum absolute atomic E-state index is 0.223. The predicted molar refractivity (Wildman–Crippen MR) is 90.5 cm³/mol. The lowest BCUT2D eigenvalue weighted by Gasteiger charge is -2.31. The van der Waals surface area contributed by atoms with Crippen LogP contribution in [0.1, 0.15) is 32.6 Å². The van der Waals surface area contributed by atoms with E-state index >= 15 is 0 Å². The molecule has 1 aromatic rings. The third kappa shape index (κ3) is 4.91. The van der Waals surface area contributed by atoms with E-state index in [1.165, 1.54) is 19.3 Å². The van der Waals surface area contributed by atoms with Gasteiger partial charge in [0.25, 0.3) is 0 Å². The van der Waals surface area contributed by atoms with Crippen molar-refractivity contribution in [3.8, 4) is 5.75 Å². The van der Waals surface area contributed by atoms with Gasteiger partial charge in [-0.2, -0.15) is 0 Å². The quantitative estimate of drug-likeness (QED) is 0.339. The number of aliphatic imine (C=N–C) groups is 1. The molecule has 5 nitrogen and oxygen atoms in total. The number of guanidine groups is 1. The summed E-state index contributed by atoms with van der Waals surface area (Å²) < 4.78 is 5.07. The van der Waals surface area contributed by atoms with Gasteiger partial charge in [-0.1, -0.05) is 31.9 Å². The molecular formula is C17H27N3O2. The first kappa shape index (κ1) is 16.6. The van der Waals surface area contributed by atoms with Crippen molar-refractivity contribution in [3.63, 3.8) is 0 Å². The Morgan fingerprint density at radius 3 is 2.82 bits per heavy atom. The Bertz CT molecular complexity index is 491. The normalized spacial score (nSPS) is 22.4. The highest BCUT2D eigenvalue weighted by atomic mass is 16.5. The van der Waals surface area contributed by atoms with Crippen LogP contribution in [-0.4, -0.2) is 37.4 Å². The van der Waals surface area contributed by atoms with E-state index in [1.54, 1.807) is 19.2 Å². The number of ether oxygens (including phenoxy) is 1. The van der Waals surface area contributed by atoms with Gasteiger partial charge in [0.2, 0.25) is 0 Å².